The number of hydrogen-bond donors (Lipinski definition) is 1. The molecule has 0 unspecified atom stereocenters. The zero-order valence-electron chi connectivity index (χ0n) is 12.6. The van der Waals surface area contributed by atoms with E-state index in [0.29, 0.717) is 12.8 Å². The van der Waals surface area contributed by atoms with Gasteiger partial charge < -0.3 is 9.84 Å². The van der Waals surface area contributed by atoms with Crippen LogP contribution in [-0.2, 0) is 20.0 Å². The van der Waals surface area contributed by atoms with Crippen molar-refractivity contribution in [2.24, 2.45) is 0 Å². The van der Waals surface area contributed by atoms with Crippen LogP contribution in [0.25, 0.3) is 0 Å². The number of carboxylic acids is 1. The monoisotopic (exact) mass is 330 g/mol. The molecule has 0 atom stereocenters. The Labute approximate surface area is 129 Å². The third kappa shape index (κ3) is 2.82. The summed E-state index contributed by atoms with van der Waals surface area (Å²) in [5.41, 5.74) is -1.01. The number of hydrogen-bond acceptors (Lipinski definition) is 4. The molecule has 0 aliphatic heterocycles. The first-order chi connectivity index (χ1) is 10.2. The first kappa shape index (κ1) is 16.7. The predicted molar refractivity (Wildman–Crippen MR) is 78.5 cm³/mol. The first-order valence-corrected chi connectivity index (χ1v) is 8.93. The van der Waals surface area contributed by atoms with Crippen LogP contribution in [0, 0.1) is 5.82 Å². The van der Waals surface area contributed by atoms with E-state index in [9.17, 15) is 22.7 Å². The fourth-order valence-electron chi connectivity index (χ4n) is 3.12. The number of carboxylic acid groups (broad SMARTS) is 1. The lowest BCUT2D eigenvalue weighted by molar-refractivity contribution is -0.145. The quantitative estimate of drug-likeness (QED) is 0.917. The highest BCUT2D eigenvalue weighted by atomic mass is 32.2. The Balaban J connectivity index is 2.68. The molecule has 1 aliphatic carbocycles. The van der Waals surface area contributed by atoms with Crippen molar-refractivity contribution in [2.75, 3.05) is 13.4 Å². The van der Waals surface area contributed by atoms with E-state index in [4.69, 9.17) is 4.74 Å². The van der Waals surface area contributed by atoms with Gasteiger partial charge in [-0.1, -0.05) is 19.3 Å². The second-order valence-corrected chi connectivity index (χ2v) is 7.69. The molecule has 122 valence electrons. The summed E-state index contributed by atoms with van der Waals surface area (Å²) in [6, 6.07) is 2.09. The molecule has 1 aromatic rings. The van der Waals surface area contributed by atoms with E-state index in [0.717, 1.165) is 37.7 Å². The fourth-order valence-corrected chi connectivity index (χ4v) is 3.85. The molecule has 1 N–H and O–H groups in total. The maximum absolute atomic E-state index is 14.2. The molecule has 1 aromatic carbocycles. The normalized spacial score (nSPS) is 18.0. The molecule has 22 heavy (non-hydrogen) atoms. The maximum atomic E-state index is 14.2. The largest absolute Gasteiger partial charge is 0.496 e. The van der Waals surface area contributed by atoms with Crippen molar-refractivity contribution in [1.82, 2.24) is 0 Å². The molecule has 1 saturated carbocycles. The number of ether oxygens (including phenoxy) is 1. The van der Waals surface area contributed by atoms with Gasteiger partial charge in [-0.2, -0.15) is 0 Å². The summed E-state index contributed by atoms with van der Waals surface area (Å²) in [5.74, 6) is -1.87. The number of sulfone groups is 1. The molecule has 1 fully saturated rings. The Hall–Kier alpha value is -1.63. The fraction of sp³-hybridized carbons (Fsp3) is 0.533. The number of benzene rings is 1. The molecular weight excluding hydrogens is 311 g/mol. The smallest absolute Gasteiger partial charge is 0.314 e. The molecule has 5 nitrogen and oxygen atoms in total. The number of methoxy groups -OCH3 is 1. The summed E-state index contributed by atoms with van der Waals surface area (Å²) >= 11 is 0. The zero-order chi connectivity index (χ0) is 16.5. The van der Waals surface area contributed by atoms with E-state index < -0.39 is 31.9 Å². The molecule has 2 rings (SSSR count). The highest BCUT2D eigenvalue weighted by molar-refractivity contribution is 7.90. The third-order valence-electron chi connectivity index (χ3n) is 4.29. The Kier molecular flexibility index (Phi) is 4.47. The SMILES string of the molecule is COc1cc(S(C)(=O)=O)c(F)cc1C1(C(=O)O)CCCCC1. The summed E-state index contributed by atoms with van der Waals surface area (Å²) in [6.07, 6.45) is 4.06. The average Bonchev–Trinajstić information content (AvgIpc) is 2.46. The lowest BCUT2D eigenvalue weighted by Gasteiger charge is -2.34. The minimum atomic E-state index is -3.76. The second-order valence-electron chi connectivity index (χ2n) is 5.70. The molecule has 0 amide bonds. The summed E-state index contributed by atoms with van der Waals surface area (Å²) in [7, 11) is -2.44. The highest BCUT2D eigenvalue weighted by Crippen LogP contribution is 2.44. The minimum absolute atomic E-state index is 0.103. The van der Waals surface area contributed by atoms with Crippen LogP contribution in [0.3, 0.4) is 0 Å². The first-order valence-electron chi connectivity index (χ1n) is 7.04. The van der Waals surface area contributed by atoms with Gasteiger partial charge in [-0.15, -0.1) is 0 Å². The standard InChI is InChI=1S/C15H19FO5S/c1-21-12-9-13(22(2,19)20)11(16)8-10(12)15(14(17)18)6-4-3-5-7-15/h8-9H,3-7H2,1-2H3,(H,17,18). The number of aliphatic carboxylic acids is 1. The third-order valence-corrected chi connectivity index (χ3v) is 5.40. The van der Waals surface area contributed by atoms with Gasteiger partial charge in [0.1, 0.15) is 16.5 Å². The van der Waals surface area contributed by atoms with Crippen LogP contribution >= 0.6 is 0 Å². The van der Waals surface area contributed by atoms with E-state index >= 15 is 0 Å². The number of halogens is 1. The molecular formula is C15H19FO5S. The van der Waals surface area contributed by atoms with E-state index in [1.54, 1.807) is 0 Å². The van der Waals surface area contributed by atoms with Gasteiger partial charge in [-0.25, -0.2) is 12.8 Å². The van der Waals surface area contributed by atoms with Crippen LogP contribution in [0.1, 0.15) is 37.7 Å². The Bertz CT molecular complexity index is 690. The molecule has 0 spiro atoms. The van der Waals surface area contributed by atoms with Crippen LogP contribution in [-0.4, -0.2) is 32.9 Å². The van der Waals surface area contributed by atoms with Crippen LogP contribution in [0.5, 0.6) is 5.75 Å². The predicted octanol–water partition coefficient (Wildman–Crippen LogP) is 2.52. The summed E-state index contributed by atoms with van der Waals surface area (Å²) in [5, 5.41) is 9.69. The van der Waals surface area contributed by atoms with Crippen molar-refractivity contribution in [3.63, 3.8) is 0 Å². The zero-order valence-corrected chi connectivity index (χ0v) is 13.4. The summed E-state index contributed by atoms with van der Waals surface area (Å²) in [4.78, 5) is 11.4. The van der Waals surface area contributed by atoms with E-state index in [1.165, 1.54) is 7.11 Å². The number of rotatable bonds is 4. The van der Waals surface area contributed by atoms with Gasteiger partial charge in [0.2, 0.25) is 0 Å². The van der Waals surface area contributed by atoms with Gasteiger partial charge in [0.25, 0.3) is 0 Å². The van der Waals surface area contributed by atoms with E-state index in [1.807, 2.05) is 0 Å². The van der Waals surface area contributed by atoms with E-state index in [-0.39, 0.29) is 11.3 Å². The molecule has 0 radical (unpaired) electrons. The molecule has 0 saturated heterocycles. The van der Waals surface area contributed by atoms with Crippen molar-refractivity contribution in [2.45, 2.75) is 42.4 Å². The van der Waals surface area contributed by atoms with Crippen LogP contribution in [0.4, 0.5) is 4.39 Å². The van der Waals surface area contributed by atoms with Crippen molar-refractivity contribution in [3.05, 3.63) is 23.5 Å². The van der Waals surface area contributed by atoms with Gasteiger partial charge in [0.15, 0.2) is 9.84 Å². The van der Waals surface area contributed by atoms with E-state index in [2.05, 4.69) is 0 Å². The Morgan fingerprint density at radius 3 is 2.32 bits per heavy atom. The Morgan fingerprint density at radius 2 is 1.86 bits per heavy atom. The van der Waals surface area contributed by atoms with Crippen molar-refractivity contribution in [1.29, 1.82) is 0 Å². The van der Waals surface area contributed by atoms with Crippen LogP contribution < -0.4 is 4.74 Å². The van der Waals surface area contributed by atoms with Crippen LogP contribution in [0.2, 0.25) is 0 Å². The van der Waals surface area contributed by atoms with Crippen LogP contribution in [0.15, 0.2) is 17.0 Å². The lowest BCUT2D eigenvalue weighted by atomic mass is 9.69. The second kappa shape index (κ2) is 5.87. The van der Waals surface area contributed by atoms with Gasteiger partial charge in [-0.05, 0) is 18.9 Å². The van der Waals surface area contributed by atoms with Crippen molar-refractivity contribution >= 4 is 15.8 Å². The topological polar surface area (TPSA) is 80.7 Å². The minimum Gasteiger partial charge on any atom is -0.496 e. The average molecular weight is 330 g/mol. The molecule has 0 bridgehead atoms. The van der Waals surface area contributed by atoms with Gasteiger partial charge in [-0.3, -0.25) is 4.79 Å². The van der Waals surface area contributed by atoms with Crippen molar-refractivity contribution in [3.8, 4) is 5.75 Å². The summed E-state index contributed by atoms with van der Waals surface area (Å²) < 4.78 is 42.6. The van der Waals surface area contributed by atoms with Gasteiger partial charge in [0.05, 0.1) is 12.5 Å². The number of carbonyl (C=O) groups is 1. The van der Waals surface area contributed by atoms with Gasteiger partial charge >= 0.3 is 5.97 Å². The molecule has 1 aliphatic rings. The molecule has 0 aromatic heterocycles. The molecule has 0 heterocycles. The van der Waals surface area contributed by atoms with Gasteiger partial charge in [0, 0.05) is 17.9 Å². The maximum Gasteiger partial charge on any atom is 0.314 e. The molecule has 7 heteroatoms. The van der Waals surface area contributed by atoms with Crippen molar-refractivity contribution < 1.29 is 27.4 Å². The lowest BCUT2D eigenvalue weighted by Crippen LogP contribution is -2.38. The summed E-state index contributed by atoms with van der Waals surface area (Å²) in [6.45, 7) is 0. The Morgan fingerprint density at radius 1 is 1.27 bits per heavy atom. The highest BCUT2D eigenvalue weighted by Gasteiger charge is 2.44.